The molecule has 0 bridgehead atoms. The maximum absolute atomic E-state index is 4.41. The first-order valence-corrected chi connectivity index (χ1v) is 8.34. The van der Waals surface area contributed by atoms with Gasteiger partial charge in [-0.2, -0.15) is 5.10 Å². The van der Waals surface area contributed by atoms with Crippen LogP contribution in [-0.4, -0.2) is 25.9 Å². The first-order valence-electron chi connectivity index (χ1n) is 7.56. The third-order valence-electron chi connectivity index (χ3n) is 3.43. The maximum Gasteiger partial charge on any atom is 0.0877 e. The van der Waals surface area contributed by atoms with Gasteiger partial charge in [-0.05, 0) is 37.5 Å². The summed E-state index contributed by atoms with van der Waals surface area (Å²) in [5, 5.41) is 12.4. The van der Waals surface area contributed by atoms with Crippen molar-refractivity contribution >= 4 is 11.5 Å². The fourth-order valence-electron chi connectivity index (χ4n) is 2.38. The van der Waals surface area contributed by atoms with Crippen molar-refractivity contribution in [3.05, 3.63) is 28.5 Å². The van der Waals surface area contributed by atoms with Gasteiger partial charge in [0.05, 0.1) is 22.3 Å². The maximum atomic E-state index is 4.41. The minimum Gasteiger partial charge on any atom is -0.304 e. The molecule has 0 saturated carbocycles. The highest BCUT2D eigenvalue weighted by Crippen LogP contribution is 2.33. The Labute approximate surface area is 130 Å². The van der Waals surface area contributed by atoms with Gasteiger partial charge in [-0.15, -0.1) is 5.10 Å². The van der Waals surface area contributed by atoms with Crippen molar-refractivity contribution in [2.75, 3.05) is 6.54 Å². The van der Waals surface area contributed by atoms with Gasteiger partial charge in [-0.25, -0.2) is 0 Å². The molecule has 116 valence electrons. The molecule has 2 aromatic rings. The minimum absolute atomic E-state index is 0.00839. The van der Waals surface area contributed by atoms with Crippen molar-refractivity contribution in [1.82, 2.24) is 24.7 Å². The summed E-state index contributed by atoms with van der Waals surface area (Å²) in [6.45, 7) is 12.7. The molecule has 2 heterocycles. The lowest BCUT2D eigenvalue weighted by Gasteiger charge is -2.23. The largest absolute Gasteiger partial charge is 0.304 e. The molecule has 0 aliphatic carbocycles. The van der Waals surface area contributed by atoms with Gasteiger partial charge in [-0.3, -0.25) is 4.68 Å². The minimum atomic E-state index is -0.00839. The molecule has 1 unspecified atom stereocenters. The van der Waals surface area contributed by atoms with E-state index in [1.165, 1.54) is 22.1 Å². The van der Waals surface area contributed by atoms with E-state index in [0.717, 1.165) is 25.2 Å². The fourth-order valence-corrected chi connectivity index (χ4v) is 3.33. The zero-order chi connectivity index (χ0) is 15.5. The first kappa shape index (κ1) is 16.1. The monoisotopic (exact) mass is 307 g/mol. The third kappa shape index (κ3) is 3.49. The average molecular weight is 307 g/mol. The molecular formula is C15H25N5S. The molecule has 0 aromatic carbocycles. The van der Waals surface area contributed by atoms with E-state index in [0.29, 0.717) is 0 Å². The van der Waals surface area contributed by atoms with Crippen molar-refractivity contribution < 1.29 is 0 Å². The second-order valence-corrected chi connectivity index (χ2v) is 6.98. The zero-order valence-electron chi connectivity index (χ0n) is 13.6. The van der Waals surface area contributed by atoms with Gasteiger partial charge in [0, 0.05) is 18.2 Å². The van der Waals surface area contributed by atoms with E-state index >= 15 is 0 Å². The van der Waals surface area contributed by atoms with Crippen LogP contribution < -0.4 is 5.32 Å². The van der Waals surface area contributed by atoms with E-state index in [1.807, 2.05) is 10.9 Å². The Morgan fingerprint density at radius 3 is 2.71 bits per heavy atom. The molecule has 2 aromatic heterocycles. The Morgan fingerprint density at radius 2 is 2.10 bits per heavy atom. The number of nitrogens with zero attached hydrogens (tertiary/aromatic N) is 4. The highest BCUT2D eigenvalue weighted by Gasteiger charge is 2.29. The molecule has 6 heteroatoms. The van der Waals surface area contributed by atoms with Crippen LogP contribution in [0, 0.1) is 0 Å². The SMILES string of the molecule is CCCNC(c1snnc1C(C)(C)C)c1ccnn1CC. The molecule has 0 spiro atoms. The molecule has 21 heavy (non-hydrogen) atoms. The standard InChI is InChI=1S/C15H25N5S/c1-6-9-16-12(11-8-10-17-20(11)7-2)13-14(15(3,4)5)18-19-21-13/h8,10,12,16H,6-7,9H2,1-5H3. The number of rotatable bonds is 6. The quantitative estimate of drug-likeness (QED) is 0.891. The Bertz CT molecular complexity index is 567. The van der Waals surface area contributed by atoms with E-state index in [4.69, 9.17) is 0 Å². The molecule has 0 amide bonds. The van der Waals surface area contributed by atoms with E-state index in [9.17, 15) is 0 Å². The number of hydrogen-bond acceptors (Lipinski definition) is 5. The van der Waals surface area contributed by atoms with Crippen LogP contribution in [0.1, 0.15) is 63.3 Å². The number of hydrogen-bond donors (Lipinski definition) is 1. The average Bonchev–Trinajstić information content (AvgIpc) is 3.07. The van der Waals surface area contributed by atoms with Crippen LogP contribution in [0.4, 0.5) is 0 Å². The normalized spacial score (nSPS) is 13.6. The summed E-state index contributed by atoms with van der Waals surface area (Å²) in [6, 6.07) is 2.20. The summed E-state index contributed by atoms with van der Waals surface area (Å²) in [4.78, 5) is 1.20. The lowest BCUT2D eigenvalue weighted by atomic mass is 9.89. The van der Waals surface area contributed by atoms with Crippen LogP contribution >= 0.6 is 11.5 Å². The van der Waals surface area contributed by atoms with Gasteiger partial charge >= 0.3 is 0 Å². The molecule has 0 radical (unpaired) electrons. The topological polar surface area (TPSA) is 55.6 Å². The molecule has 2 rings (SSSR count). The Hall–Kier alpha value is -1.27. The van der Waals surface area contributed by atoms with Crippen molar-refractivity contribution in [2.24, 2.45) is 0 Å². The highest BCUT2D eigenvalue weighted by atomic mass is 32.1. The summed E-state index contributed by atoms with van der Waals surface area (Å²) in [5.41, 5.74) is 2.25. The molecule has 0 aliphatic heterocycles. The Balaban J connectivity index is 2.44. The third-order valence-corrected chi connectivity index (χ3v) is 4.22. The molecule has 5 nitrogen and oxygen atoms in total. The van der Waals surface area contributed by atoms with Gasteiger partial charge in [0.25, 0.3) is 0 Å². The highest BCUT2D eigenvalue weighted by molar-refractivity contribution is 7.05. The van der Waals surface area contributed by atoms with Crippen LogP contribution in [0.2, 0.25) is 0 Å². The van der Waals surface area contributed by atoms with Crippen LogP contribution in [-0.2, 0) is 12.0 Å². The van der Waals surface area contributed by atoms with E-state index in [2.05, 4.69) is 60.7 Å². The molecular weight excluding hydrogens is 282 g/mol. The number of aromatic nitrogens is 4. The molecule has 0 aliphatic rings. The predicted octanol–water partition coefficient (Wildman–Crippen LogP) is 3.14. The lowest BCUT2D eigenvalue weighted by Crippen LogP contribution is -2.27. The van der Waals surface area contributed by atoms with Gasteiger partial charge in [0.2, 0.25) is 0 Å². The molecule has 0 fully saturated rings. The van der Waals surface area contributed by atoms with Crippen LogP contribution in [0.15, 0.2) is 12.3 Å². The van der Waals surface area contributed by atoms with Gasteiger partial charge in [-0.1, -0.05) is 32.2 Å². The summed E-state index contributed by atoms with van der Waals surface area (Å²) in [7, 11) is 0. The van der Waals surface area contributed by atoms with Crippen molar-refractivity contribution in [2.45, 2.75) is 59.0 Å². The summed E-state index contributed by atoms with van der Waals surface area (Å²) in [5.74, 6) is 0. The first-order chi connectivity index (χ1) is 9.99. The summed E-state index contributed by atoms with van der Waals surface area (Å²) >= 11 is 1.49. The molecule has 0 saturated heterocycles. The second kappa shape index (κ2) is 6.66. The number of aryl methyl sites for hydroxylation is 1. The second-order valence-electron chi connectivity index (χ2n) is 6.19. The molecule has 1 N–H and O–H groups in total. The summed E-state index contributed by atoms with van der Waals surface area (Å²) in [6.07, 6.45) is 2.96. The lowest BCUT2D eigenvalue weighted by molar-refractivity contribution is 0.510. The van der Waals surface area contributed by atoms with Crippen LogP contribution in [0.3, 0.4) is 0 Å². The van der Waals surface area contributed by atoms with E-state index in [-0.39, 0.29) is 11.5 Å². The molecule has 1 atom stereocenters. The van der Waals surface area contributed by atoms with Crippen LogP contribution in [0.25, 0.3) is 0 Å². The van der Waals surface area contributed by atoms with E-state index in [1.54, 1.807) is 0 Å². The van der Waals surface area contributed by atoms with Gasteiger partial charge < -0.3 is 5.32 Å². The van der Waals surface area contributed by atoms with Gasteiger partial charge in [0.1, 0.15) is 0 Å². The number of nitrogens with one attached hydrogen (secondary N) is 1. The Morgan fingerprint density at radius 1 is 1.33 bits per heavy atom. The fraction of sp³-hybridized carbons (Fsp3) is 0.667. The van der Waals surface area contributed by atoms with Gasteiger partial charge in [0.15, 0.2) is 0 Å². The van der Waals surface area contributed by atoms with Crippen LogP contribution in [0.5, 0.6) is 0 Å². The summed E-state index contributed by atoms with van der Waals surface area (Å²) < 4.78 is 6.25. The van der Waals surface area contributed by atoms with Crippen molar-refractivity contribution in [3.8, 4) is 0 Å². The smallest absolute Gasteiger partial charge is 0.0877 e. The zero-order valence-corrected chi connectivity index (χ0v) is 14.4. The Kier molecular flexibility index (Phi) is 5.11. The predicted molar refractivity (Wildman–Crippen MR) is 86.6 cm³/mol. The van der Waals surface area contributed by atoms with Crippen molar-refractivity contribution in [3.63, 3.8) is 0 Å². The van der Waals surface area contributed by atoms with E-state index < -0.39 is 0 Å². The van der Waals surface area contributed by atoms with Crippen molar-refractivity contribution in [1.29, 1.82) is 0 Å².